The van der Waals surface area contributed by atoms with Crippen molar-refractivity contribution in [3.63, 3.8) is 0 Å². The van der Waals surface area contributed by atoms with Gasteiger partial charge in [-0.3, -0.25) is 9.59 Å². The summed E-state index contributed by atoms with van der Waals surface area (Å²) in [5.41, 5.74) is 0. The van der Waals surface area contributed by atoms with Crippen LogP contribution in [0.4, 0.5) is 0 Å². The first kappa shape index (κ1) is 16.9. The molecule has 1 N–H and O–H groups in total. The average Bonchev–Trinajstić information content (AvgIpc) is 2.77. The summed E-state index contributed by atoms with van der Waals surface area (Å²) in [7, 11) is 0. The Morgan fingerprint density at radius 2 is 2.15 bits per heavy atom. The number of amides is 1. The van der Waals surface area contributed by atoms with Crippen LogP contribution in [-0.4, -0.2) is 34.5 Å². The molecule has 0 aliphatic carbocycles. The van der Waals surface area contributed by atoms with Crippen LogP contribution in [0.5, 0.6) is 0 Å². The minimum atomic E-state index is -0.833. The molecule has 0 bridgehead atoms. The molecule has 0 saturated heterocycles. The molecule has 1 aromatic heterocycles. The van der Waals surface area contributed by atoms with Gasteiger partial charge in [0.2, 0.25) is 5.91 Å². The fourth-order valence-electron chi connectivity index (χ4n) is 1.69. The largest absolute Gasteiger partial charge is 0.481 e. The summed E-state index contributed by atoms with van der Waals surface area (Å²) in [4.78, 5) is 25.3. The lowest BCUT2D eigenvalue weighted by Crippen LogP contribution is -2.36. The van der Waals surface area contributed by atoms with Crippen LogP contribution in [0.25, 0.3) is 6.08 Å². The molecule has 0 spiro atoms. The maximum atomic E-state index is 12.1. The highest BCUT2D eigenvalue weighted by Gasteiger charge is 2.14. The molecule has 4 nitrogen and oxygen atoms in total. The third-order valence-electron chi connectivity index (χ3n) is 2.68. The first-order chi connectivity index (χ1) is 9.40. The Bertz CT molecular complexity index is 496. The fraction of sp³-hybridized carbons (Fsp3) is 0.429. The second-order valence-corrected chi connectivity index (χ2v) is 7.09. The minimum Gasteiger partial charge on any atom is -0.481 e. The zero-order valence-corrected chi connectivity index (χ0v) is 13.9. The van der Waals surface area contributed by atoms with E-state index < -0.39 is 5.97 Å². The van der Waals surface area contributed by atoms with Crippen molar-refractivity contribution in [1.29, 1.82) is 0 Å². The van der Waals surface area contributed by atoms with Crippen molar-refractivity contribution in [2.24, 2.45) is 0 Å². The molecule has 0 saturated carbocycles. The van der Waals surface area contributed by atoms with E-state index in [1.54, 1.807) is 28.4 Å². The number of carbonyl (C=O) groups is 2. The Kier molecular flexibility index (Phi) is 6.95. The van der Waals surface area contributed by atoms with Crippen molar-refractivity contribution in [1.82, 2.24) is 4.90 Å². The van der Waals surface area contributed by atoms with Gasteiger partial charge in [-0.25, -0.2) is 0 Å². The van der Waals surface area contributed by atoms with Gasteiger partial charge in [0.25, 0.3) is 0 Å². The van der Waals surface area contributed by atoms with E-state index >= 15 is 0 Å². The van der Waals surface area contributed by atoms with Crippen molar-refractivity contribution >= 4 is 45.2 Å². The van der Waals surface area contributed by atoms with E-state index in [0.29, 0.717) is 13.0 Å². The SMILES string of the molecule is CC(C)N(CCCC(=O)O)C(=O)/C=C/c1ccc(Br)s1. The highest BCUT2D eigenvalue weighted by atomic mass is 79.9. The Labute approximate surface area is 131 Å². The van der Waals surface area contributed by atoms with E-state index in [0.717, 1.165) is 8.66 Å². The summed E-state index contributed by atoms with van der Waals surface area (Å²) >= 11 is 4.93. The number of nitrogens with zero attached hydrogens (tertiary/aromatic N) is 1. The molecule has 0 atom stereocenters. The van der Waals surface area contributed by atoms with Crippen LogP contribution in [-0.2, 0) is 9.59 Å². The van der Waals surface area contributed by atoms with Crippen LogP contribution in [0.1, 0.15) is 31.6 Å². The van der Waals surface area contributed by atoms with Crippen LogP contribution < -0.4 is 0 Å². The van der Waals surface area contributed by atoms with Crippen LogP contribution in [0, 0.1) is 0 Å². The molecule has 1 heterocycles. The summed E-state index contributed by atoms with van der Waals surface area (Å²) < 4.78 is 1.02. The maximum absolute atomic E-state index is 12.1. The lowest BCUT2D eigenvalue weighted by molar-refractivity contribution is -0.138. The molecular weight excluding hydrogens is 342 g/mol. The van der Waals surface area contributed by atoms with Crippen LogP contribution in [0.3, 0.4) is 0 Å². The molecule has 0 unspecified atom stereocenters. The van der Waals surface area contributed by atoms with Crippen molar-refractivity contribution in [3.8, 4) is 0 Å². The van der Waals surface area contributed by atoms with Gasteiger partial charge in [-0.05, 0) is 54.4 Å². The smallest absolute Gasteiger partial charge is 0.303 e. The van der Waals surface area contributed by atoms with Gasteiger partial charge in [-0.1, -0.05) is 0 Å². The monoisotopic (exact) mass is 359 g/mol. The summed E-state index contributed by atoms with van der Waals surface area (Å²) in [6.07, 6.45) is 3.87. The summed E-state index contributed by atoms with van der Waals surface area (Å²) in [5, 5.41) is 8.64. The topological polar surface area (TPSA) is 57.6 Å². The van der Waals surface area contributed by atoms with E-state index in [4.69, 9.17) is 5.11 Å². The lowest BCUT2D eigenvalue weighted by atomic mass is 10.2. The average molecular weight is 360 g/mol. The second-order valence-electron chi connectivity index (χ2n) is 4.60. The number of thiophene rings is 1. The minimum absolute atomic E-state index is 0.0519. The maximum Gasteiger partial charge on any atom is 0.303 e. The molecule has 0 aromatic carbocycles. The lowest BCUT2D eigenvalue weighted by Gasteiger charge is -2.25. The summed E-state index contributed by atoms with van der Waals surface area (Å²) in [6, 6.07) is 3.92. The van der Waals surface area contributed by atoms with Gasteiger partial charge in [0.1, 0.15) is 0 Å². The number of carboxylic acids is 1. The highest BCUT2D eigenvalue weighted by molar-refractivity contribution is 9.11. The predicted octanol–water partition coefficient (Wildman–Crippen LogP) is 3.63. The van der Waals surface area contributed by atoms with Gasteiger partial charge < -0.3 is 10.0 Å². The standard InChI is InChI=1S/C14H18BrNO3S/c1-10(2)16(9-3-4-14(18)19)13(17)8-6-11-5-7-12(15)20-11/h5-8,10H,3-4,9H2,1-2H3,(H,18,19)/b8-6+. The van der Waals surface area contributed by atoms with Crippen LogP contribution in [0.15, 0.2) is 22.0 Å². The first-order valence-corrected chi connectivity index (χ1v) is 7.97. The third-order valence-corrected chi connectivity index (χ3v) is 4.27. The van der Waals surface area contributed by atoms with Crippen LogP contribution in [0.2, 0.25) is 0 Å². The molecule has 0 aliphatic rings. The highest BCUT2D eigenvalue weighted by Crippen LogP contribution is 2.23. The summed E-state index contributed by atoms with van der Waals surface area (Å²) in [6.45, 7) is 4.31. The zero-order chi connectivity index (χ0) is 15.1. The van der Waals surface area contributed by atoms with Crippen molar-refractivity contribution in [2.45, 2.75) is 32.7 Å². The molecule has 20 heavy (non-hydrogen) atoms. The number of aliphatic carboxylic acids is 1. The molecule has 0 fully saturated rings. The Balaban J connectivity index is 2.59. The molecule has 6 heteroatoms. The number of carboxylic acid groups (broad SMARTS) is 1. The number of hydrogen-bond donors (Lipinski definition) is 1. The Hall–Kier alpha value is -1.14. The van der Waals surface area contributed by atoms with Gasteiger partial charge in [0.05, 0.1) is 3.79 Å². The first-order valence-electron chi connectivity index (χ1n) is 6.36. The van der Waals surface area contributed by atoms with Crippen molar-refractivity contribution < 1.29 is 14.7 Å². The van der Waals surface area contributed by atoms with Gasteiger partial charge in [-0.2, -0.15) is 0 Å². The molecule has 0 aliphatic heterocycles. The predicted molar refractivity (Wildman–Crippen MR) is 84.8 cm³/mol. The van der Waals surface area contributed by atoms with Crippen molar-refractivity contribution in [2.75, 3.05) is 6.54 Å². The third kappa shape index (κ3) is 5.88. The molecule has 110 valence electrons. The summed E-state index contributed by atoms with van der Waals surface area (Å²) in [5.74, 6) is -0.921. The Morgan fingerprint density at radius 1 is 1.45 bits per heavy atom. The zero-order valence-electron chi connectivity index (χ0n) is 11.5. The van der Waals surface area contributed by atoms with E-state index in [1.165, 1.54) is 0 Å². The van der Waals surface area contributed by atoms with Gasteiger partial charge in [-0.15, -0.1) is 11.3 Å². The van der Waals surface area contributed by atoms with E-state index in [1.807, 2.05) is 26.0 Å². The Morgan fingerprint density at radius 3 is 2.65 bits per heavy atom. The number of rotatable bonds is 7. The van der Waals surface area contributed by atoms with Gasteiger partial charge in [0, 0.05) is 30.0 Å². The quantitative estimate of drug-likeness (QED) is 0.756. The van der Waals surface area contributed by atoms with E-state index in [-0.39, 0.29) is 18.4 Å². The fourth-order valence-corrected chi connectivity index (χ4v) is 3.02. The molecule has 1 amide bonds. The van der Waals surface area contributed by atoms with Gasteiger partial charge >= 0.3 is 5.97 Å². The van der Waals surface area contributed by atoms with E-state index in [2.05, 4.69) is 15.9 Å². The molecule has 1 rings (SSSR count). The van der Waals surface area contributed by atoms with Gasteiger partial charge in [0.15, 0.2) is 0 Å². The number of halogens is 1. The normalized spacial score (nSPS) is 11.2. The van der Waals surface area contributed by atoms with E-state index in [9.17, 15) is 9.59 Å². The van der Waals surface area contributed by atoms with Crippen molar-refractivity contribution in [3.05, 3.63) is 26.9 Å². The number of hydrogen-bond acceptors (Lipinski definition) is 3. The van der Waals surface area contributed by atoms with Crippen LogP contribution >= 0.6 is 27.3 Å². The molecule has 0 radical (unpaired) electrons. The second kappa shape index (κ2) is 8.21. The molecule has 1 aromatic rings. The molecular formula is C14H18BrNO3S. The number of carbonyl (C=O) groups excluding carboxylic acids is 1.